The number of ether oxygens (including phenoxy) is 1. The zero-order chi connectivity index (χ0) is 17.8. The van der Waals surface area contributed by atoms with E-state index >= 15 is 0 Å². The second-order valence-electron chi connectivity index (χ2n) is 5.53. The average Bonchev–Trinajstić information content (AvgIpc) is 3.13. The fourth-order valence-corrected chi connectivity index (χ4v) is 2.54. The SMILES string of the molecule is COc1cc(-c2nc3ccccc3o2)ccc1N=C=Nc1ccccc1. The predicted molar refractivity (Wildman–Crippen MR) is 102 cm³/mol. The summed E-state index contributed by atoms with van der Waals surface area (Å²) in [7, 11) is 1.60. The fourth-order valence-electron chi connectivity index (χ4n) is 2.54. The molecular weight excluding hydrogens is 326 g/mol. The maximum absolute atomic E-state index is 5.80. The summed E-state index contributed by atoms with van der Waals surface area (Å²) in [6.45, 7) is 0. The van der Waals surface area contributed by atoms with E-state index in [-0.39, 0.29) is 0 Å². The summed E-state index contributed by atoms with van der Waals surface area (Å²) in [5.41, 5.74) is 3.81. The maximum atomic E-state index is 5.80. The molecule has 1 heterocycles. The molecule has 126 valence electrons. The summed E-state index contributed by atoms with van der Waals surface area (Å²) in [5.74, 6) is 1.14. The first-order valence-corrected chi connectivity index (χ1v) is 8.09. The summed E-state index contributed by atoms with van der Waals surface area (Å²) in [6.07, 6.45) is 0. The average molecular weight is 341 g/mol. The van der Waals surface area contributed by atoms with Crippen LogP contribution in [0.15, 0.2) is 87.2 Å². The molecule has 0 aliphatic carbocycles. The van der Waals surface area contributed by atoms with Gasteiger partial charge in [-0.15, -0.1) is 0 Å². The van der Waals surface area contributed by atoms with Gasteiger partial charge in [0.1, 0.15) is 23.0 Å². The van der Waals surface area contributed by atoms with Crippen molar-refractivity contribution in [2.45, 2.75) is 0 Å². The predicted octanol–water partition coefficient (Wildman–Crippen LogP) is 5.64. The molecular formula is C21H15N3O2. The van der Waals surface area contributed by atoms with Crippen LogP contribution in [-0.4, -0.2) is 18.1 Å². The molecule has 0 spiro atoms. The third-order valence-corrected chi connectivity index (χ3v) is 3.83. The van der Waals surface area contributed by atoms with E-state index in [0.717, 1.165) is 22.4 Å². The van der Waals surface area contributed by atoms with Crippen molar-refractivity contribution in [1.29, 1.82) is 0 Å². The van der Waals surface area contributed by atoms with E-state index in [9.17, 15) is 0 Å². The van der Waals surface area contributed by atoms with Gasteiger partial charge >= 0.3 is 0 Å². The van der Waals surface area contributed by atoms with Crippen molar-refractivity contribution in [1.82, 2.24) is 4.98 Å². The van der Waals surface area contributed by atoms with Gasteiger partial charge in [0.2, 0.25) is 5.89 Å². The van der Waals surface area contributed by atoms with Gasteiger partial charge in [-0.25, -0.2) is 4.98 Å². The molecule has 0 amide bonds. The molecule has 4 rings (SSSR count). The van der Waals surface area contributed by atoms with Crippen LogP contribution in [0, 0.1) is 0 Å². The first-order chi connectivity index (χ1) is 12.8. The molecule has 1 aromatic heterocycles. The second-order valence-corrected chi connectivity index (χ2v) is 5.53. The molecule has 0 saturated carbocycles. The number of oxazole rings is 1. The third kappa shape index (κ3) is 3.24. The zero-order valence-corrected chi connectivity index (χ0v) is 14.1. The lowest BCUT2D eigenvalue weighted by Gasteiger charge is -2.04. The van der Waals surface area contributed by atoms with Gasteiger partial charge in [-0.1, -0.05) is 30.3 Å². The van der Waals surface area contributed by atoms with Crippen LogP contribution in [0.2, 0.25) is 0 Å². The largest absolute Gasteiger partial charge is 0.494 e. The number of para-hydroxylation sites is 3. The monoisotopic (exact) mass is 341 g/mol. The Balaban J connectivity index is 1.67. The second kappa shape index (κ2) is 7.05. The van der Waals surface area contributed by atoms with Gasteiger partial charge in [-0.2, -0.15) is 9.98 Å². The minimum atomic E-state index is 0.540. The van der Waals surface area contributed by atoms with E-state index in [2.05, 4.69) is 21.0 Å². The number of fused-ring (bicyclic) bond motifs is 1. The Bertz CT molecular complexity index is 1080. The van der Waals surface area contributed by atoms with E-state index in [0.29, 0.717) is 17.3 Å². The van der Waals surface area contributed by atoms with Crippen LogP contribution >= 0.6 is 0 Å². The minimum Gasteiger partial charge on any atom is -0.494 e. The van der Waals surface area contributed by atoms with Crippen LogP contribution in [0.1, 0.15) is 0 Å². The molecule has 5 nitrogen and oxygen atoms in total. The Kier molecular flexibility index (Phi) is 4.29. The molecule has 0 radical (unpaired) electrons. The molecule has 3 aromatic carbocycles. The molecule has 0 unspecified atom stereocenters. The van der Waals surface area contributed by atoms with Crippen LogP contribution in [0.25, 0.3) is 22.6 Å². The summed E-state index contributed by atoms with van der Waals surface area (Å²) in [4.78, 5) is 12.9. The first kappa shape index (κ1) is 15.8. The van der Waals surface area contributed by atoms with Crippen molar-refractivity contribution in [3.05, 3.63) is 72.8 Å². The Hall–Kier alpha value is -3.69. The van der Waals surface area contributed by atoms with Gasteiger partial charge in [0.15, 0.2) is 5.58 Å². The van der Waals surface area contributed by atoms with Gasteiger partial charge in [0.05, 0.1) is 12.8 Å². The minimum absolute atomic E-state index is 0.540. The lowest BCUT2D eigenvalue weighted by Crippen LogP contribution is -1.85. The molecule has 0 aliphatic heterocycles. The molecule has 5 heteroatoms. The highest BCUT2D eigenvalue weighted by Gasteiger charge is 2.11. The topological polar surface area (TPSA) is 60.0 Å². The van der Waals surface area contributed by atoms with Crippen molar-refractivity contribution < 1.29 is 9.15 Å². The lowest BCUT2D eigenvalue weighted by molar-refractivity contribution is 0.416. The maximum Gasteiger partial charge on any atom is 0.227 e. The van der Waals surface area contributed by atoms with Gasteiger partial charge in [-0.3, -0.25) is 0 Å². The zero-order valence-electron chi connectivity index (χ0n) is 14.1. The van der Waals surface area contributed by atoms with E-state index in [1.165, 1.54) is 0 Å². The molecule has 0 aliphatic rings. The van der Waals surface area contributed by atoms with Crippen LogP contribution < -0.4 is 4.74 Å². The number of hydrogen-bond donors (Lipinski definition) is 0. The van der Waals surface area contributed by atoms with Crippen molar-refractivity contribution >= 4 is 28.5 Å². The van der Waals surface area contributed by atoms with Crippen LogP contribution in [-0.2, 0) is 0 Å². The number of methoxy groups -OCH3 is 1. The molecule has 0 saturated heterocycles. The number of hydrogen-bond acceptors (Lipinski definition) is 5. The van der Waals surface area contributed by atoms with Crippen molar-refractivity contribution in [3.8, 4) is 17.2 Å². The van der Waals surface area contributed by atoms with Gasteiger partial charge < -0.3 is 9.15 Å². The molecule has 0 N–H and O–H groups in total. The van der Waals surface area contributed by atoms with Crippen LogP contribution in [0.4, 0.5) is 11.4 Å². The van der Waals surface area contributed by atoms with Crippen molar-refractivity contribution in [3.63, 3.8) is 0 Å². The summed E-state index contributed by atoms with van der Waals surface area (Å²) < 4.78 is 11.2. The molecule has 0 bridgehead atoms. The number of nitrogens with zero attached hydrogens (tertiary/aromatic N) is 3. The molecule has 4 aromatic rings. The van der Waals surface area contributed by atoms with Gasteiger partial charge in [0, 0.05) is 5.56 Å². The Morgan fingerprint density at radius 2 is 1.73 bits per heavy atom. The molecule has 0 atom stereocenters. The lowest BCUT2D eigenvalue weighted by atomic mass is 10.2. The molecule has 0 fully saturated rings. The molecule has 26 heavy (non-hydrogen) atoms. The normalized spacial score (nSPS) is 10.3. The van der Waals surface area contributed by atoms with E-state index in [1.54, 1.807) is 7.11 Å². The first-order valence-electron chi connectivity index (χ1n) is 8.09. The van der Waals surface area contributed by atoms with Gasteiger partial charge in [-0.05, 0) is 42.5 Å². The van der Waals surface area contributed by atoms with Crippen LogP contribution in [0.5, 0.6) is 5.75 Å². The number of aliphatic imine (C=N–C) groups is 2. The van der Waals surface area contributed by atoms with Crippen molar-refractivity contribution in [2.75, 3.05) is 7.11 Å². The Morgan fingerprint density at radius 1 is 0.923 bits per heavy atom. The Labute approximate surface area is 150 Å². The van der Waals surface area contributed by atoms with Crippen molar-refractivity contribution in [2.24, 2.45) is 9.98 Å². The van der Waals surface area contributed by atoms with E-state index in [1.807, 2.05) is 72.8 Å². The van der Waals surface area contributed by atoms with Crippen LogP contribution in [0.3, 0.4) is 0 Å². The summed E-state index contributed by atoms with van der Waals surface area (Å²) in [5, 5.41) is 0. The number of aromatic nitrogens is 1. The highest BCUT2D eigenvalue weighted by atomic mass is 16.5. The standard InChI is InChI=1S/C21H15N3O2/c1-25-20-13-15(21-24-18-9-5-6-10-19(18)26-21)11-12-17(20)23-14-22-16-7-3-2-4-8-16/h2-13H,1H3. The summed E-state index contributed by atoms with van der Waals surface area (Å²) >= 11 is 0. The quantitative estimate of drug-likeness (QED) is 0.451. The number of rotatable bonds is 4. The van der Waals surface area contributed by atoms with E-state index < -0.39 is 0 Å². The van der Waals surface area contributed by atoms with E-state index in [4.69, 9.17) is 9.15 Å². The highest BCUT2D eigenvalue weighted by Crippen LogP contribution is 2.33. The summed E-state index contributed by atoms with van der Waals surface area (Å²) in [6, 6.07) is 25.4. The third-order valence-electron chi connectivity index (χ3n) is 3.83. The fraction of sp³-hybridized carbons (Fsp3) is 0.0476. The van der Waals surface area contributed by atoms with Gasteiger partial charge in [0.25, 0.3) is 0 Å². The smallest absolute Gasteiger partial charge is 0.227 e. The Morgan fingerprint density at radius 3 is 2.54 bits per heavy atom. The number of benzene rings is 3. The highest BCUT2D eigenvalue weighted by molar-refractivity contribution is 5.77.